The van der Waals surface area contributed by atoms with Gasteiger partial charge in [0.2, 0.25) is 0 Å². The molecule has 0 radical (unpaired) electrons. The quantitative estimate of drug-likeness (QED) is 0.380. The van der Waals surface area contributed by atoms with Crippen LogP contribution in [0, 0.1) is 17.8 Å². The van der Waals surface area contributed by atoms with E-state index in [-0.39, 0.29) is 35.3 Å². The van der Waals surface area contributed by atoms with Crippen LogP contribution in [0.3, 0.4) is 0 Å². The molecule has 5 atom stereocenters. The maximum absolute atomic E-state index is 13.4. The van der Waals surface area contributed by atoms with Gasteiger partial charge in [0, 0.05) is 53.7 Å². The number of piperidine rings is 1. The van der Waals surface area contributed by atoms with Crippen LogP contribution < -0.4 is 9.47 Å². The van der Waals surface area contributed by atoms with Crippen molar-refractivity contribution in [2.45, 2.75) is 61.9 Å². The number of rotatable bonds is 5. The summed E-state index contributed by atoms with van der Waals surface area (Å²) in [5.74, 6) is 6.63. The van der Waals surface area contributed by atoms with Crippen molar-refractivity contribution < 1.29 is 32.5 Å². The molecule has 2 aliphatic heterocycles. The van der Waals surface area contributed by atoms with Crippen LogP contribution in [0.5, 0.6) is 17.2 Å². The molecular weight excluding hydrogens is 581 g/mol. The van der Waals surface area contributed by atoms with Crippen molar-refractivity contribution in [2.24, 2.45) is 5.92 Å². The first-order chi connectivity index (χ1) is 21.6. The van der Waals surface area contributed by atoms with E-state index in [0.717, 1.165) is 68.5 Å². The number of phenols is 1. The van der Waals surface area contributed by atoms with Crippen LogP contribution in [0.4, 0.5) is 13.2 Å². The summed E-state index contributed by atoms with van der Waals surface area (Å²) < 4.78 is 51.4. The summed E-state index contributed by atoms with van der Waals surface area (Å²) in [5, 5.41) is 11.3. The third-order valence-electron chi connectivity index (χ3n) is 10.6. The number of methoxy groups -OCH3 is 1. The van der Waals surface area contributed by atoms with Gasteiger partial charge in [-0.3, -0.25) is 9.69 Å². The monoisotopic (exact) mass is 616 g/mol. The molecule has 3 aromatic rings. The zero-order valence-corrected chi connectivity index (χ0v) is 25.2. The van der Waals surface area contributed by atoms with Crippen molar-refractivity contribution in [3.8, 4) is 29.1 Å². The Morgan fingerprint density at radius 1 is 1.16 bits per heavy atom. The van der Waals surface area contributed by atoms with E-state index in [1.165, 1.54) is 17.7 Å². The molecule has 0 aromatic heterocycles. The summed E-state index contributed by atoms with van der Waals surface area (Å²) in [6.07, 6.45) is -0.666. The van der Waals surface area contributed by atoms with Crippen LogP contribution in [-0.4, -0.2) is 66.2 Å². The molecule has 1 saturated carbocycles. The number of phenolic OH excluding ortho intramolecular Hbond substituents is 1. The van der Waals surface area contributed by atoms with Gasteiger partial charge in [0.1, 0.15) is 11.9 Å². The van der Waals surface area contributed by atoms with Crippen LogP contribution in [0.1, 0.15) is 47.1 Å². The molecule has 0 unspecified atom stereocenters. The molecule has 234 valence electrons. The van der Waals surface area contributed by atoms with E-state index in [1.807, 2.05) is 6.07 Å². The van der Waals surface area contributed by atoms with E-state index >= 15 is 0 Å². The molecule has 2 aliphatic carbocycles. The van der Waals surface area contributed by atoms with Gasteiger partial charge in [-0.15, -0.1) is 0 Å². The number of hydrogen-bond acceptors (Lipinski definition) is 5. The maximum atomic E-state index is 13.4. The van der Waals surface area contributed by atoms with E-state index in [0.29, 0.717) is 17.1 Å². The smallest absolute Gasteiger partial charge is 0.416 e. The molecule has 3 aromatic carbocycles. The summed E-state index contributed by atoms with van der Waals surface area (Å²) in [5.41, 5.74) is 2.43. The summed E-state index contributed by atoms with van der Waals surface area (Å²) in [6.45, 7) is 1.80. The Labute approximate surface area is 260 Å². The fraction of sp³-hybridized carbons (Fsp3) is 0.417. The molecule has 2 heterocycles. The largest absolute Gasteiger partial charge is 0.508 e. The van der Waals surface area contributed by atoms with Crippen molar-refractivity contribution in [1.82, 2.24) is 9.80 Å². The number of likely N-dealkylation sites (tertiary alicyclic amines) is 1. The Morgan fingerprint density at radius 3 is 2.62 bits per heavy atom. The highest BCUT2D eigenvalue weighted by molar-refractivity contribution is 5.94. The van der Waals surface area contributed by atoms with Crippen molar-refractivity contribution in [3.63, 3.8) is 0 Å². The number of benzene rings is 3. The first-order valence-electron chi connectivity index (χ1n) is 15.5. The number of carbonyl (C=O) groups is 1. The second-order valence-corrected chi connectivity index (χ2v) is 12.6. The molecule has 6 nitrogen and oxygen atoms in total. The summed E-state index contributed by atoms with van der Waals surface area (Å²) in [4.78, 5) is 17.6. The molecule has 1 N–H and O–H groups in total. The van der Waals surface area contributed by atoms with E-state index in [4.69, 9.17) is 9.47 Å². The predicted octanol–water partition coefficient (Wildman–Crippen LogP) is 5.58. The van der Waals surface area contributed by atoms with E-state index in [9.17, 15) is 23.1 Å². The average Bonchev–Trinajstić information content (AvgIpc) is 3.38. The fourth-order valence-electron chi connectivity index (χ4n) is 8.50. The normalized spacial score (nSPS) is 26.2. The number of hydrogen-bond donors (Lipinski definition) is 1. The van der Waals surface area contributed by atoms with Gasteiger partial charge in [-0.1, -0.05) is 36.3 Å². The minimum absolute atomic E-state index is 0.219. The number of likely N-dealkylation sites (N-methyl/N-ethyl adjacent to an activating group) is 1. The molecule has 45 heavy (non-hydrogen) atoms. The van der Waals surface area contributed by atoms with Gasteiger partial charge < -0.3 is 19.5 Å². The lowest BCUT2D eigenvalue weighted by atomic mass is 9.50. The van der Waals surface area contributed by atoms with E-state index in [1.54, 1.807) is 25.1 Å². The molecule has 1 saturated heterocycles. The van der Waals surface area contributed by atoms with Crippen molar-refractivity contribution >= 4 is 5.91 Å². The molecule has 2 bridgehead atoms. The second kappa shape index (κ2) is 11.0. The molecular formula is C36H35F3N2O4. The summed E-state index contributed by atoms with van der Waals surface area (Å²) in [6, 6.07) is 16.6. The molecule has 7 rings (SSSR count). The Hall–Kier alpha value is -4.16. The number of ether oxygens (including phenoxy) is 2. The van der Waals surface area contributed by atoms with Gasteiger partial charge in [-0.25, -0.2) is 0 Å². The van der Waals surface area contributed by atoms with Gasteiger partial charge in [0.25, 0.3) is 5.91 Å². The zero-order valence-electron chi connectivity index (χ0n) is 25.2. The first kappa shape index (κ1) is 29.5. The van der Waals surface area contributed by atoms with Crippen molar-refractivity contribution in [3.05, 3.63) is 88.5 Å². The van der Waals surface area contributed by atoms with Crippen molar-refractivity contribution in [1.29, 1.82) is 0 Å². The van der Waals surface area contributed by atoms with Gasteiger partial charge >= 0.3 is 6.18 Å². The lowest BCUT2D eigenvalue weighted by Crippen LogP contribution is -2.69. The number of aromatic hydroxyl groups is 1. The molecule has 1 amide bonds. The molecule has 1 spiro atoms. The van der Waals surface area contributed by atoms with Crippen LogP contribution in [0.15, 0.2) is 60.7 Å². The Kier molecular flexibility index (Phi) is 7.24. The average molecular weight is 617 g/mol. The number of amides is 1. The number of halogens is 3. The highest BCUT2D eigenvalue weighted by Crippen LogP contribution is 2.65. The number of alkyl halides is 3. The summed E-state index contributed by atoms with van der Waals surface area (Å²) >= 11 is 0. The third kappa shape index (κ3) is 4.82. The van der Waals surface area contributed by atoms with Crippen LogP contribution in [0.25, 0.3) is 0 Å². The van der Waals surface area contributed by atoms with Crippen LogP contribution >= 0.6 is 0 Å². The fourth-order valence-corrected chi connectivity index (χ4v) is 8.50. The standard InChI is InChI=1S/C36H35F3N2O4/c1-40(31(43)15-10-23-8-11-24(12-9-23)36(37,38)39)27-14-13-26-28-20-25-29(42)21-30(44-2)33-32(25)35(26,34(27)45-33)17-19-41(28)18-16-22-6-4-3-5-7-22/h3-9,11-12,21,26-28,34,42H,13-14,16-20H2,1-2H3/t26-,27+,28+,34-,35-/m0/s1. The number of nitrogens with zero attached hydrogens (tertiary/aromatic N) is 2. The minimum atomic E-state index is -4.44. The van der Waals surface area contributed by atoms with E-state index < -0.39 is 17.6 Å². The minimum Gasteiger partial charge on any atom is -0.508 e. The third-order valence-corrected chi connectivity index (χ3v) is 10.6. The molecule has 9 heteroatoms. The van der Waals surface area contributed by atoms with Gasteiger partial charge in [-0.05, 0) is 74.4 Å². The first-order valence-corrected chi connectivity index (χ1v) is 15.5. The van der Waals surface area contributed by atoms with Gasteiger partial charge in [0.15, 0.2) is 11.5 Å². The highest BCUT2D eigenvalue weighted by Gasteiger charge is 2.67. The maximum Gasteiger partial charge on any atom is 0.416 e. The predicted molar refractivity (Wildman–Crippen MR) is 162 cm³/mol. The SMILES string of the molecule is COc1cc(O)c2c3c1O[C@H]1[C@H](N(C)C(=O)C#Cc4ccc(C(F)(F)F)cc4)CC[C@H]4[C@@H](C2)N(CCc2ccccc2)CC[C@@]341. The topological polar surface area (TPSA) is 62.2 Å². The van der Waals surface area contributed by atoms with Crippen LogP contribution in [0.2, 0.25) is 0 Å². The van der Waals surface area contributed by atoms with E-state index in [2.05, 4.69) is 41.0 Å². The van der Waals surface area contributed by atoms with Crippen LogP contribution in [-0.2, 0) is 29.2 Å². The number of carbonyl (C=O) groups excluding carboxylic acids is 1. The zero-order chi connectivity index (χ0) is 31.5. The Morgan fingerprint density at radius 2 is 1.91 bits per heavy atom. The highest BCUT2D eigenvalue weighted by atomic mass is 19.4. The van der Waals surface area contributed by atoms with Gasteiger partial charge in [0.05, 0.1) is 18.7 Å². The Balaban J connectivity index is 1.19. The lowest BCUT2D eigenvalue weighted by molar-refractivity contribution is -0.137. The lowest BCUT2D eigenvalue weighted by Gasteiger charge is -2.60. The summed E-state index contributed by atoms with van der Waals surface area (Å²) in [7, 11) is 3.29. The van der Waals surface area contributed by atoms with Gasteiger partial charge in [-0.2, -0.15) is 13.2 Å². The second-order valence-electron chi connectivity index (χ2n) is 12.6. The Bertz CT molecular complexity index is 1680. The molecule has 4 aliphatic rings. The molecule has 2 fully saturated rings. The van der Waals surface area contributed by atoms with Crippen molar-refractivity contribution in [2.75, 3.05) is 27.2 Å².